The molecule has 1 N–H and O–H groups in total. The number of methoxy groups -OCH3 is 1. The average molecular weight is 518 g/mol. The monoisotopic (exact) mass is 517 g/mol. The fourth-order valence-electron chi connectivity index (χ4n) is 3.73. The number of hydrogen-bond acceptors (Lipinski definition) is 5. The smallest absolute Gasteiger partial charge is 0.244 e. The summed E-state index contributed by atoms with van der Waals surface area (Å²) in [6, 6.07) is 13.6. The number of benzene rings is 2. The van der Waals surface area contributed by atoms with Crippen LogP contribution in [0.2, 0.25) is 0 Å². The van der Waals surface area contributed by atoms with E-state index in [9.17, 15) is 18.0 Å². The van der Waals surface area contributed by atoms with Crippen LogP contribution in [0.3, 0.4) is 0 Å². The van der Waals surface area contributed by atoms with Crippen LogP contribution in [0.15, 0.2) is 48.5 Å². The zero-order valence-electron chi connectivity index (χ0n) is 22.2. The van der Waals surface area contributed by atoms with Gasteiger partial charge in [-0.15, -0.1) is 0 Å². The van der Waals surface area contributed by atoms with Gasteiger partial charge in [-0.3, -0.25) is 13.9 Å². The molecule has 2 rings (SSSR count). The van der Waals surface area contributed by atoms with Gasteiger partial charge in [0, 0.05) is 13.1 Å². The van der Waals surface area contributed by atoms with Crippen molar-refractivity contribution < 1.29 is 22.7 Å². The molecule has 9 heteroatoms. The molecular formula is C27H39N3O5S. The van der Waals surface area contributed by atoms with Gasteiger partial charge < -0.3 is 15.0 Å². The van der Waals surface area contributed by atoms with E-state index in [-0.39, 0.29) is 18.4 Å². The van der Waals surface area contributed by atoms with Crippen molar-refractivity contribution in [1.29, 1.82) is 0 Å². The normalized spacial score (nSPS) is 12.2. The lowest BCUT2D eigenvalue weighted by Gasteiger charge is -2.31. The van der Waals surface area contributed by atoms with E-state index in [1.807, 2.05) is 31.2 Å². The van der Waals surface area contributed by atoms with E-state index < -0.39 is 28.5 Å². The van der Waals surface area contributed by atoms with Gasteiger partial charge in [0.05, 0.1) is 19.1 Å². The first-order valence-electron chi connectivity index (χ1n) is 12.3. The van der Waals surface area contributed by atoms with Crippen LogP contribution in [0.1, 0.15) is 57.6 Å². The molecular weight excluding hydrogens is 478 g/mol. The molecule has 1 atom stereocenters. The molecule has 1 unspecified atom stereocenters. The lowest BCUT2D eigenvalue weighted by molar-refractivity contribution is -0.139. The number of nitrogens with one attached hydrogen (secondary N) is 1. The molecule has 0 saturated heterocycles. The molecule has 0 aromatic heterocycles. The lowest BCUT2D eigenvalue weighted by atomic mass is 10.0. The van der Waals surface area contributed by atoms with Crippen LogP contribution in [0.25, 0.3) is 0 Å². The number of carbonyl (C=O) groups is 2. The van der Waals surface area contributed by atoms with Gasteiger partial charge in [-0.05, 0) is 54.7 Å². The van der Waals surface area contributed by atoms with Gasteiger partial charge >= 0.3 is 0 Å². The molecule has 2 amide bonds. The third kappa shape index (κ3) is 8.26. The van der Waals surface area contributed by atoms with E-state index in [0.717, 1.165) is 34.5 Å². The third-order valence-corrected chi connectivity index (χ3v) is 7.15. The molecule has 0 heterocycles. The number of nitrogens with zero attached hydrogens (tertiary/aromatic N) is 2. The molecule has 0 radical (unpaired) electrons. The largest absolute Gasteiger partial charge is 0.497 e. The molecule has 0 aliphatic carbocycles. The Hall–Kier alpha value is -3.07. The van der Waals surface area contributed by atoms with Crippen LogP contribution in [0.4, 0.5) is 5.69 Å². The molecule has 36 heavy (non-hydrogen) atoms. The fourth-order valence-corrected chi connectivity index (χ4v) is 4.58. The highest BCUT2D eigenvalue weighted by Gasteiger charge is 2.30. The first-order chi connectivity index (χ1) is 17.0. The molecule has 0 saturated carbocycles. The molecule has 198 valence electrons. The van der Waals surface area contributed by atoms with E-state index in [1.54, 1.807) is 38.3 Å². The van der Waals surface area contributed by atoms with Gasteiger partial charge in [-0.1, -0.05) is 51.5 Å². The minimum atomic E-state index is -3.76. The van der Waals surface area contributed by atoms with Crippen molar-refractivity contribution in [3.05, 3.63) is 59.7 Å². The Kier molecular flexibility index (Phi) is 10.8. The average Bonchev–Trinajstić information content (AvgIpc) is 2.84. The topological polar surface area (TPSA) is 96.0 Å². The number of unbranched alkanes of at least 4 members (excludes halogenated alkanes) is 1. The van der Waals surface area contributed by atoms with Crippen LogP contribution >= 0.6 is 0 Å². The number of sulfonamides is 1. The second-order valence-electron chi connectivity index (χ2n) is 9.21. The SMILES string of the molecule is CCCCNC(=O)C(C)N(Cc1cccc(OC)c1)C(=O)CN(c1ccc(C(C)C)cc1)S(C)(=O)=O. The molecule has 8 nitrogen and oxygen atoms in total. The second-order valence-corrected chi connectivity index (χ2v) is 11.1. The van der Waals surface area contributed by atoms with Crippen molar-refractivity contribution in [2.45, 2.75) is 59.0 Å². The van der Waals surface area contributed by atoms with Crippen LogP contribution in [0, 0.1) is 0 Å². The molecule has 0 bridgehead atoms. The van der Waals surface area contributed by atoms with E-state index in [4.69, 9.17) is 4.74 Å². The van der Waals surface area contributed by atoms with Crippen LogP contribution in [-0.2, 0) is 26.2 Å². The zero-order valence-corrected chi connectivity index (χ0v) is 23.0. The predicted octanol–water partition coefficient (Wildman–Crippen LogP) is 3.92. The Bertz CT molecular complexity index is 1120. The van der Waals surface area contributed by atoms with Gasteiger partial charge in [0.2, 0.25) is 21.8 Å². The Balaban J connectivity index is 2.36. The maximum absolute atomic E-state index is 13.6. The van der Waals surface area contributed by atoms with E-state index >= 15 is 0 Å². The third-order valence-electron chi connectivity index (χ3n) is 6.01. The number of anilines is 1. The minimum Gasteiger partial charge on any atom is -0.497 e. The van der Waals surface area contributed by atoms with E-state index in [0.29, 0.717) is 18.0 Å². The van der Waals surface area contributed by atoms with Crippen molar-refractivity contribution in [2.24, 2.45) is 0 Å². The van der Waals surface area contributed by atoms with Crippen molar-refractivity contribution in [3.63, 3.8) is 0 Å². The van der Waals surface area contributed by atoms with Gasteiger partial charge in [0.1, 0.15) is 18.3 Å². The summed E-state index contributed by atoms with van der Waals surface area (Å²) in [5, 5.41) is 2.87. The number of rotatable bonds is 13. The van der Waals surface area contributed by atoms with Crippen molar-refractivity contribution in [2.75, 3.05) is 30.8 Å². The minimum absolute atomic E-state index is 0.127. The maximum Gasteiger partial charge on any atom is 0.244 e. The molecule has 0 fully saturated rings. The summed E-state index contributed by atoms with van der Waals surface area (Å²) < 4.78 is 31.8. The number of carbonyl (C=O) groups excluding carboxylic acids is 2. The lowest BCUT2D eigenvalue weighted by Crippen LogP contribution is -2.51. The maximum atomic E-state index is 13.6. The van der Waals surface area contributed by atoms with E-state index in [2.05, 4.69) is 19.2 Å². The predicted molar refractivity (Wildman–Crippen MR) is 144 cm³/mol. The Morgan fingerprint density at radius 3 is 2.28 bits per heavy atom. The summed E-state index contributed by atoms with van der Waals surface area (Å²) in [4.78, 5) is 27.9. The summed E-state index contributed by atoms with van der Waals surface area (Å²) in [7, 11) is -2.21. The standard InChI is InChI=1S/C27H39N3O5S/c1-7-8-16-28-27(32)21(4)29(18-22-10-9-11-25(17-22)35-5)26(31)19-30(36(6,33)34)24-14-12-23(13-15-24)20(2)3/h9-15,17,20-21H,7-8,16,18-19H2,1-6H3,(H,28,32). The Morgan fingerprint density at radius 1 is 1.06 bits per heavy atom. The fraction of sp³-hybridized carbons (Fsp3) is 0.481. The van der Waals surface area contributed by atoms with Gasteiger partial charge in [0.15, 0.2) is 0 Å². The molecule has 0 spiro atoms. The molecule has 0 aliphatic heterocycles. The number of hydrogen-bond donors (Lipinski definition) is 1. The summed E-state index contributed by atoms with van der Waals surface area (Å²) in [5.41, 5.74) is 2.23. The number of ether oxygens (including phenoxy) is 1. The van der Waals surface area contributed by atoms with Crippen molar-refractivity contribution >= 4 is 27.5 Å². The van der Waals surface area contributed by atoms with Crippen LogP contribution < -0.4 is 14.4 Å². The first kappa shape index (κ1) is 29.2. The van der Waals surface area contributed by atoms with Gasteiger partial charge in [0.25, 0.3) is 0 Å². The molecule has 2 aromatic carbocycles. The highest BCUT2D eigenvalue weighted by atomic mass is 32.2. The van der Waals surface area contributed by atoms with Crippen LogP contribution in [-0.4, -0.2) is 57.6 Å². The van der Waals surface area contributed by atoms with Crippen molar-refractivity contribution in [1.82, 2.24) is 10.2 Å². The Labute approximate surface area is 215 Å². The zero-order chi connectivity index (χ0) is 26.9. The highest BCUT2D eigenvalue weighted by Crippen LogP contribution is 2.23. The van der Waals surface area contributed by atoms with Crippen molar-refractivity contribution in [3.8, 4) is 5.75 Å². The highest BCUT2D eigenvalue weighted by molar-refractivity contribution is 7.92. The second kappa shape index (κ2) is 13.3. The Morgan fingerprint density at radius 2 is 1.72 bits per heavy atom. The molecule has 0 aliphatic rings. The summed E-state index contributed by atoms with van der Waals surface area (Å²) in [6.07, 6.45) is 2.83. The van der Waals surface area contributed by atoms with Crippen LogP contribution in [0.5, 0.6) is 5.75 Å². The van der Waals surface area contributed by atoms with Gasteiger partial charge in [-0.2, -0.15) is 0 Å². The first-order valence-corrected chi connectivity index (χ1v) is 14.1. The van der Waals surface area contributed by atoms with Gasteiger partial charge in [-0.25, -0.2) is 8.42 Å². The number of amides is 2. The summed E-state index contributed by atoms with van der Waals surface area (Å²) in [5.74, 6) is 0.155. The quantitative estimate of drug-likeness (QED) is 0.406. The summed E-state index contributed by atoms with van der Waals surface area (Å²) in [6.45, 7) is 8.01. The molecule has 2 aromatic rings. The van der Waals surface area contributed by atoms with E-state index in [1.165, 1.54) is 4.90 Å². The summed E-state index contributed by atoms with van der Waals surface area (Å²) >= 11 is 0.